The summed E-state index contributed by atoms with van der Waals surface area (Å²) in [5, 5.41) is 0. The fourth-order valence-corrected chi connectivity index (χ4v) is 3.59. The lowest BCUT2D eigenvalue weighted by molar-refractivity contribution is 0.0337. The molecule has 2 heterocycles. The third-order valence-corrected chi connectivity index (χ3v) is 4.70. The Morgan fingerprint density at radius 2 is 2.00 bits per heavy atom. The third-order valence-electron chi connectivity index (χ3n) is 4.70. The van der Waals surface area contributed by atoms with E-state index >= 15 is 0 Å². The average Bonchev–Trinajstić information content (AvgIpc) is 3.03. The van der Waals surface area contributed by atoms with Crippen molar-refractivity contribution in [3.05, 3.63) is 23.8 Å². The first-order valence-corrected chi connectivity index (χ1v) is 7.96. The second-order valence-electron chi connectivity index (χ2n) is 5.97. The lowest BCUT2D eigenvalue weighted by Crippen LogP contribution is -2.51. The molecule has 0 saturated carbocycles. The molecule has 1 atom stereocenters. The Balaban J connectivity index is 1.74. The zero-order valence-electron chi connectivity index (χ0n) is 13.4. The van der Waals surface area contributed by atoms with Crippen LogP contribution in [0.15, 0.2) is 18.2 Å². The quantitative estimate of drug-likeness (QED) is 0.779. The van der Waals surface area contributed by atoms with E-state index in [9.17, 15) is 4.79 Å². The molecule has 0 spiro atoms. The summed E-state index contributed by atoms with van der Waals surface area (Å²) in [6.45, 7) is 3.80. The van der Waals surface area contributed by atoms with Gasteiger partial charge < -0.3 is 9.47 Å². The van der Waals surface area contributed by atoms with Gasteiger partial charge in [0, 0.05) is 19.2 Å². The van der Waals surface area contributed by atoms with Gasteiger partial charge in [0.25, 0.3) is 0 Å². The van der Waals surface area contributed by atoms with E-state index in [1.807, 2.05) is 6.07 Å². The van der Waals surface area contributed by atoms with Crippen molar-refractivity contribution >= 4 is 5.78 Å². The summed E-state index contributed by atoms with van der Waals surface area (Å²) in [5.74, 6) is 1.41. The van der Waals surface area contributed by atoms with Crippen molar-refractivity contribution in [1.82, 2.24) is 9.80 Å². The van der Waals surface area contributed by atoms with Crippen LogP contribution in [-0.2, 0) is 0 Å². The van der Waals surface area contributed by atoms with E-state index in [-0.39, 0.29) is 5.78 Å². The lowest BCUT2D eigenvalue weighted by Gasteiger charge is -2.39. The average molecular weight is 304 g/mol. The number of ether oxygens (including phenoxy) is 2. The smallest absolute Gasteiger partial charge is 0.180 e. The molecule has 1 aromatic carbocycles. The molecule has 1 unspecified atom stereocenters. The topological polar surface area (TPSA) is 42.0 Å². The SMILES string of the molecule is COc1ccc(C(=O)CN2CCCN3CCCC32)c(OC)c1. The first kappa shape index (κ1) is 15.3. The predicted molar refractivity (Wildman–Crippen MR) is 84.7 cm³/mol. The normalized spacial score (nSPS) is 22.4. The van der Waals surface area contributed by atoms with Crippen LogP contribution in [0.2, 0.25) is 0 Å². The molecule has 0 radical (unpaired) electrons. The van der Waals surface area contributed by atoms with Gasteiger partial charge in [-0.15, -0.1) is 0 Å². The highest BCUT2D eigenvalue weighted by atomic mass is 16.5. The van der Waals surface area contributed by atoms with Gasteiger partial charge in [-0.1, -0.05) is 0 Å². The van der Waals surface area contributed by atoms with Crippen molar-refractivity contribution in [3.8, 4) is 11.5 Å². The molecule has 3 rings (SSSR count). The maximum absolute atomic E-state index is 12.7. The number of hydrogen-bond donors (Lipinski definition) is 0. The van der Waals surface area contributed by atoms with E-state index in [0.29, 0.717) is 29.8 Å². The van der Waals surface area contributed by atoms with Crippen LogP contribution in [0.25, 0.3) is 0 Å². The third kappa shape index (κ3) is 2.96. The second-order valence-corrected chi connectivity index (χ2v) is 5.97. The first-order chi connectivity index (χ1) is 10.7. The van der Waals surface area contributed by atoms with Gasteiger partial charge in [-0.25, -0.2) is 0 Å². The van der Waals surface area contributed by atoms with Crippen molar-refractivity contribution < 1.29 is 14.3 Å². The number of carbonyl (C=O) groups is 1. The van der Waals surface area contributed by atoms with Crippen LogP contribution in [0.3, 0.4) is 0 Å². The van der Waals surface area contributed by atoms with Gasteiger partial charge in [-0.05, 0) is 37.9 Å². The van der Waals surface area contributed by atoms with Gasteiger partial charge in [-0.2, -0.15) is 0 Å². The van der Waals surface area contributed by atoms with Gasteiger partial charge in [0.05, 0.1) is 32.5 Å². The van der Waals surface area contributed by atoms with Gasteiger partial charge in [0.2, 0.25) is 0 Å². The van der Waals surface area contributed by atoms with E-state index in [2.05, 4.69) is 9.80 Å². The summed E-state index contributed by atoms with van der Waals surface area (Å²) in [6, 6.07) is 5.38. The Morgan fingerprint density at radius 3 is 2.77 bits per heavy atom. The number of methoxy groups -OCH3 is 2. The fourth-order valence-electron chi connectivity index (χ4n) is 3.59. The van der Waals surface area contributed by atoms with Crippen LogP contribution in [0.5, 0.6) is 11.5 Å². The van der Waals surface area contributed by atoms with Crippen molar-refractivity contribution in [2.75, 3.05) is 40.4 Å². The zero-order valence-corrected chi connectivity index (χ0v) is 13.4. The number of ketones is 1. The molecule has 5 heteroatoms. The lowest BCUT2D eigenvalue weighted by atomic mass is 10.1. The summed E-state index contributed by atoms with van der Waals surface area (Å²) < 4.78 is 10.5. The molecule has 5 nitrogen and oxygen atoms in total. The van der Waals surface area contributed by atoms with E-state index in [0.717, 1.165) is 13.0 Å². The number of rotatable bonds is 5. The maximum Gasteiger partial charge on any atom is 0.180 e. The monoisotopic (exact) mass is 304 g/mol. The van der Waals surface area contributed by atoms with Crippen LogP contribution in [0.1, 0.15) is 29.6 Å². The summed E-state index contributed by atoms with van der Waals surface area (Å²) in [5.41, 5.74) is 0.637. The number of Topliss-reactive ketones (excluding diaryl/α,β-unsaturated/α-hetero) is 1. The first-order valence-electron chi connectivity index (χ1n) is 7.96. The Kier molecular flexibility index (Phi) is 4.64. The molecule has 2 saturated heterocycles. The number of carbonyl (C=O) groups excluding carboxylic acids is 1. The van der Waals surface area contributed by atoms with Crippen molar-refractivity contribution in [1.29, 1.82) is 0 Å². The highest BCUT2D eigenvalue weighted by Gasteiger charge is 2.34. The predicted octanol–water partition coefficient (Wildman–Crippen LogP) is 2.01. The van der Waals surface area contributed by atoms with Gasteiger partial charge in [0.15, 0.2) is 5.78 Å². The molecule has 0 amide bonds. The maximum atomic E-state index is 12.7. The van der Waals surface area contributed by atoms with Crippen molar-refractivity contribution in [3.63, 3.8) is 0 Å². The van der Waals surface area contributed by atoms with Crippen molar-refractivity contribution in [2.45, 2.75) is 25.4 Å². The summed E-state index contributed by atoms with van der Waals surface area (Å²) >= 11 is 0. The molecule has 2 fully saturated rings. The van der Waals surface area contributed by atoms with Crippen LogP contribution in [0.4, 0.5) is 0 Å². The fraction of sp³-hybridized carbons (Fsp3) is 0.588. The minimum atomic E-state index is 0.119. The van der Waals surface area contributed by atoms with Crippen LogP contribution < -0.4 is 9.47 Å². The Hall–Kier alpha value is -1.59. The molecule has 0 aromatic heterocycles. The van der Waals surface area contributed by atoms with Gasteiger partial charge >= 0.3 is 0 Å². The molecule has 1 aromatic rings. The summed E-state index contributed by atoms with van der Waals surface area (Å²) in [7, 11) is 3.20. The molecule has 0 aliphatic carbocycles. The van der Waals surface area contributed by atoms with Gasteiger partial charge in [-0.3, -0.25) is 14.6 Å². The molecular formula is C17H24N2O3. The molecule has 120 valence electrons. The highest BCUT2D eigenvalue weighted by Crippen LogP contribution is 2.28. The number of nitrogens with zero attached hydrogens (tertiary/aromatic N) is 2. The molecule has 22 heavy (non-hydrogen) atoms. The standard InChI is InChI=1S/C17H24N2O3/c1-21-13-6-7-14(16(11-13)22-2)15(20)12-19-10-4-9-18-8-3-5-17(18)19/h6-7,11,17H,3-5,8-10,12H2,1-2H3. The number of fused-ring (bicyclic) bond motifs is 1. The van der Waals surface area contributed by atoms with Gasteiger partial charge in [0.1, 0.15) is 11.5 Å². The Bertz CT molecular complexity index is 547. The second kappa shape index (κ2) is 6.67. The zero-order chi connectivity index (χ0) is 15.5. The van der Waals surface area contributed by atoms with Crippen LogP contribution in [-0.4, -0.2) is 62.1 Å². The van der Waals surface area contributed by atoms with Crippen molar-refractivity contribution in [2.24, 2.45) is 0 Å². The van der Waals surface area contributed by atoms with E-state index in [1.54, 1.807) is 26.4 Å². The van der Waals surface area contributed by atoms with E-state index in [4.69, 9.17) is 9.47 Å². The van der Waals surface area contributed by atoms with Crippen LogP contribution >= 0.6 is 0 Å². The van der Waals surface area contributed by atoms with E-state index < -0.39 is 0 Å². The molecule has 2 aliphatic rings. The Labute approximate surface area is 131 Å². The number of benzene rings is 1. The van der Waals surface area contributed by atoms with Crippen LogP contribution in [0, 0.1) is 0 Å². The summed E-state index contributed by atoms with van der Waals surface area (Å²) in [4.78, 5) is 17.5. The highest BCUT2D eigenvalue weighted by molar-refractivity contribution is 6.00. The minimum absolute atomic E-state index is 0.119. The molecule has 0 N–H and O–H groups in total. The van der Waals surface area contributed by atoms with E-state index in [1.165, 1.54) is 25.9 Å². The molecule has 2 aliphatic heterocycles. The molecule has 0 bridgehead atoms. The molecular weight excluding hydrogens is 280 g/mol. The summed E-state index contributed by atoms with van der Waals surface area (Å²) in [6.07, 6.45) is 4.00. The Morgan fingerprint density at radius 1 is 1.18 bits per heavy atom. The largest absolute Gasteiger partial charge is 0.497 e. The number of hydrogen-bond acceptors (Lipinski definition) is 5. The minimum Gasteiger partial charge on any atom is -0.497 e.